The Balaban J connectivity index is 1.38. The number of carbonyl (C=O) groups excluding carboxylic acids is 3. The topological polar surface area (TPSA) is 128 Å². The number of likely N-dealkylation sites (tertiary alicyclic amines) is 1. The summed E-state index contributed by atoms with van der Waals surface area (Å²) < 4.78 is 24.7. The van der Waals surface area contributed by atoms with Gasteiger partial charge in [0.25, 0.3) is 0 Å². The highest BCUT2D eigenvalue weighted by Crippen LogP contribution is 2.29. The molecule has 9 nitrogen and oxygen atoms in total. The molecule has 1 unspecified atom stereocenters. The number of ether oxygens (including phenoxy) is 1. The van der Waals surface area contributed by atoms with Gasteiger partial charge in [0.15, 0.2) is 10.9 Å². The van der Waals surface area contributed by atoms with E-state index in [1.54, 1.807) is 17.5 Å². The van der Waals surface area contributed by atoms with E-state index in [0.717, 1.165) is 0 Å². The number of halogens is 1. The van der Waals surface area contributed by atoms with Gasteiger partial charge in [-0.05, 0) is 30.9 Å². The summed E-state index contributed by atoms with van der Waals surface area (Å²) in [6.07, 6.45) is 1.68. The van der Waals surface area contributed by atoms with Gasteiger partial charge in [-0.15, -0.1) is 11.3 Å². The minimum atomic E-state index is -1.30. The number of amides is 3. The Morgan fingerprint density at radius 1 is 1.35 bits per heavy atom. The number of aromatic nitrogens is 1. The third kappa shape index (κ3) is 4.93. The van der Waals surface area contributed by atoms with Crippen molar-refractivity contribution in [3.63, 3.8) is 0 Å². The molecule has 11 heteroatoms. The highest BCUT2D eigenvalue weighted by Gasteiger charge is 2.41. The Kier molecular flexibility index (Phi) is 6.33. The first-order valence-electron chi connectivity index (χ1n) is 9.91. The van der Waals surface area contributed by atoms with E-state index in [4.69, 9.17) is 14.9 Å². The molecule has 0 spiro atoms. The first-order chi connectivity index (χ1) is 14.9. The summed E-state index contributed by atoms with van der Waals surface area (Å²) in [5, 5.41) is 4.74. The van der Waals surface area contributed by atoms with Crippen LogP contribution < -0.4 is 11.1 Å². The van der Waals surface area contributed by atoms with Gasteiger partial charge in [-0.25, -0.2) is 9.37 Å². The predicted molar refractivity (Wildman–Crippen MR) is 109 cm³/mol. The second-order valence-corrected chi connectivity index (χ2v) is 8.41. The molecule has 2 saturated heterocycles. The van der Waals surface area contributed by atoms with E-state index in [0.29, 0.717) is 36.0 Å². The fourth-order valence-corrected chi connectivity index (χ4v) is 4.51. The van der Waals surface area contributed by atoms with Gasteiger partial charge in [0, 0.05) is 18.4 Å². The molecule has 0 bridgehead atoms. The molecule has 1 radical (unpaired) electrons. The molecule has 4 rings (SSSR count). The number of furan rings is 1. The van der Waals surface area contributed by atoms with Crippen molar-refractivity contribution < 1.29 is 27.9 Å². The number of anilines is 1. The molecule has 0 saturated carbocycles. The molecular formula is C20H22FN4O5S. The number of hydrogen-bond donors (Lipinski definition) is 2. The third-order valence-electron chi connectivity index (χ3n) is 5.36. The molecule has 2 aromatic rings. The number of thiazole rings is 1. The molecule has 4 heterocycles. The van der Waals surface area contributed by atoms with Crippen LogP contribution in [0.25, 0.3) is 11.5 Å². The van der Waals surface area contributed by atoms with Gasteiger partial charge < -0.3 is 25.1 Å². The van der Waals surface area contributed by atoms with Gasteiger partial charge >= 0.3 is 0 Å². The zero-order valence-electron chi connectivity index (χ0n) is 16.5. The van der Waals surface area contributed by atoms with Crippen LogP contribution in [0.15, 0.2) is 28.2 Å². The second-order valence-electron chi connectivity index (χ2n) is 7.56. The van der Waals surface area contributed by atoms with Gasteiger partial charge in [-0.2, -0.15) is 0 Å². The first-order valence-corrected chi connectivity index (χ1v) is 10.8. The molecular weight excluding hydrogens is 427 g/mol. The lowest BCUT2D eigenvalue weighted by Gasteiger charge is -2.29. The van der Waals surface area contributed by atoms with Gasteiger partial charge in [0.1, 0.15) is 24.0 Å². The van der Waals surface area contributed by atoms with Crippen LogP contribution in [-0.4, -0.2) is 59.1 Å². The quantitative estimate of drug-likeness (QED) is 0.692. The average Bonchev–Trinajstić information content (AvgIpc) is 3.48. The molecule has 165 valence electrons. The van der Waals surface area contributed by atoms with Crippen molar-refractivity contribution in [1.29, 1.82) is 0 Å². The SMILES string of the molecule is NC(=O)[C@@H]1C[C@@H]([CH]C(=O)N2C[C@H](F)CC2C(=O)Nc2nc(-c3ccco3)cs2)CCO1. The van der Waals surface area contributed by atoms with Crippen molar-refractivity contribution in [2.45, 2.75) is 37.6 Å². The van der Waals surface area contributed by atoms with Gasteiger partial charge in [-0.1, -0.05) is 0 Å². The molecule has 2 aliphatic rings. The van der Waals surface area contributed by atoms with Crippen LogP contribution in [0.5, 0.6) is 0 Å². The van der Waals surface area contributed by atoms with Crippen LogP contribution in [-0.2, 0) is 19.1 Å². The zero-order chi connectivity index (χ0) is 22.0. The normalized spacial score (nSPS) is 26.0. The predicted octanol–water partition coefficient (Wildman–Crippen LogP) is 1.77. The lowest BCUT2D eigenvalue weighted by molar-refractivity contribution is -0.137. The largest absolute Gasteiger partial charge is 0.463 e. The fourth-order valence-electron chi connectivity index (χ4n) is 3.80. The number of rotatable bonds is 6. The molecule has 0 aromatic carbocycles. The van der Waals surface area contributed by atoms with E-state index in [-0.39, 0.29) is 18.9 Å². The Morgan fingerprint density at radius 3 is 2.94 bits per heavy atom. The molecule has 2 aliphatic heterocycles. The second kappa shape index (κ2) is 9.15. The first kappa shape index (κ1) is 21.4. The number of primary amides is 1. The van der Waals surface area contributed by atoms with Crippen LogP contribution in [0.4, 0.5) is 9.52 Å². The lowest BCUT2D eigenvalue weighted by atomic mass is 9.91. The minimum Gasteiger partial charge on any atom is -0.463 e. The Bertz CT molecular complexity index is 949. The number of carbonyl (C=O) groups is 3. The highest BCUT2D eigenvalue weighted by molar-refractivity contribution is 7.14. The monoisotopic (exact) mass is 449 g/mol. The number of nitrogens with two attached hydrogens (primary N) is 1. The molecule has 3 N–H and O–H groups in total. The molecule has 0 aliphatic carbocycles. The van der Waals surface area contributed by atoms with Crippen molar-refractivity contribution >= 4 is 34.2 Å². The van der Waals surface area contributed by atoms with Gasteiger partial charge in [0.2, 0.25) is 17.7 Å². The van der Waals surface area contributed by atoms with Crippen LogP contribution >= 0.6 is 11.3 Å². The summed E-state index contributed by atoms with van der Waals surface area (Å²) in [5.74, 6) is -1.17. The van der Waals surface area contributed by atoms with Crippen LogP contribution in [0.3, 0.4) is 0 Å². The van der Waals surface area contributed by atoms with Crippen molar-refractivity contribution in [2.24, 2.45) is 11.7 Å². The summed E-state index contributed by atoms with van der Waals surface area (Å²) >= 11 is 1.21. The summed E-state index contributed by atoms with van der Waals surface area (Å²) in [4.78, 5) is 42.5. The Morgan fingerprint density at radius 2 is 2.19 bits per heavy atom. The van der Waals surface area contributed by atoms with Crippen molar-refractivity contribution in [1.82, 2.24) is 9.88 Å². The summed E-state index contributed by atoms with van der Waals surface area (Å²) in [5.41, 5.74) is 5.86. The molecule has 4 atom stereocenters. The Hall–Kier alpha value is -2.79. The summed E-state index contributed by atoms with van der Waals surface area (Å²) in [7, 11) is 0. The summed E-state index contributed by atoms with van der Waals surface area (Å²) in [6, 6.07) is 2.54. The van der Waals surface area contributed by atoms with Crippen molar-refractivity contribution in [2.75, 3.05) is 18.5 Å². The number of hydrogen-bond acceptors (Lipinski definition) is 7. The van der Waals surface area contributed by atoms with E-state index in [9.17, 15) is 18.8 Å². The molecule has 3 amide bonds. The molecule has 2 aromatic heterocycles. The van der Waals surface area contributed by atoms with Crippen LogP contribution in [0, 0.1) is 12.3 Å². The van der Waals surface area contributed by atoms with Crippen molar-refractivity contribution in [3.05, 3.63) is 30.2 Å². The smallest absolute Gasteiger partial charge is 0.249 e. The van der Waals surface area contributed by atoms with Crippen LogP contribution in [0.1, 0.15) is 19.3 Å². The van der Waals surface area contributed by atoms with E-state index in [2.05, 4.69) is 10.3 Å². The van der Waals surface area contributed by atoms with Crippen molar-refractivity contribution in [3.8, 4) is 11.5 Å². The highest BCUT2D eigenvalue weighted by atomic mass is 32.1. The van der Waals surface area contributed by atoms with E-state index in [1.807, 2.05) is 0 Å². The maximum Gasteiger partial charge on any atom is 0.249 e. The molecule has 2 fully saturated rings. The van der Waals surface area contributed by atoms with E-state index in [1.165, 1.54) is 28.9 Å². The standard InChI is InChI=1S/C20H22FN4O5S/c21-12-8-14(19(28)24-20-23-13(10-31-20)15-2-1-4-29-15)25(9-12)17(26)7-11-3-5-30-16(6-11)18(22)27/h1-2,4,7,10-12,14,16H,3,5-6,8-9H2,(H2,22,27)(H,23,24,28)/t11-,12+,14?,16-/m0/s1. The maximum absolute atomic E-state index is 14.1. The third-order valence-corrected chi connectivity index (χ3v) is 6.12. The Labute approximate surface area is 181 Å². The zero-order valence-corrected chi connectivity index (χ0v) is 17.3. The van der Waals surface area contributed by atoms with E-state index >= 15 is 0 Å². The maximum atomic E-state index is 14.1. The lowest BCUT2D eigenvalue weighted by Crippen LogP contribution is -2.45. The number of alkyl halides is 1. The fraction of sp³-hybridized carbons (Fsp3) is 0.450. The summed E-state index contributed by atoms with van der Waals surface area (Å²) in [6.45, 7) is 0.144. The van der Waals surface area contributed by atoms with Gasteiger partial charge in [0.05, 0.1) is 19.2 Å². The number of nitrogens with zero attached hydrogens (tertiary/aromatic N) is 2. The minimum absolute atomic E-state index is 0.0838. The number of nitrogens with one attached hydrogen (secondary N) is 1. The average molecular weight is 449 g/mol. The molecule has 31 heavy (non-hydrogen) atoms. The van der Waals surface area contributed by atoms with E-state index < -0.39 is 36.0 Å². The van der Waals surface area contributed by atoms with Gasteiger partial charge in [-0.3, -0.25) is 14.4 Å². The van der Waals surface area contributed by atoms with Crippen LogP contribution in [0.2, 0.25) is 0 Å².